The Morgan fingerprint density at radius 2 is 1.67 bits per heavy atom. The monoisotopic (exact) mass is 379 g/mol. The van der Waals surface area contributed by atoms with Crippen molar-refractivity contribution < 1.29 is 10.1 Å². The van der Waals surface area contributed by atoms with Gasteiger partial charge in [0.05, 0.1) is 4.88 Å². The SMILES string of the molecule is CCc1cccc(CC)c1NC(=O)C[NH2+][C@H](c1ccccc1)c1cccs1. The average Bonchev–Trinajstić information content (AvgIpc) is 3.23. The van der Waals surface area contributed by atoms with Crippen LogP contribution in [0.1, 0.15) is 41.5 Å². The first-order valence-electron chi connectivity index (χ1n) is 9.55. The largest absolute Gasteiger partial charge is 0.328 e. The molecule has 0 saturated heterocycles. The number of quaternary nitrogens is 1. The molecule has 0 fully saturated rings. The summed E-state index contributed by atoms with van der Waals surface area (Å²) in [7, 11) is 0. The molecule has 1 heterocycles. The second-order valence-corrected chi connectivity index (χ2v) is 7.53. The lowest BCUT2D eigenvalue weighted by atomic mass is 10.0. The Bertz CT molecular complexity index is 837. The molecule has 0 spiro atoms. The van der Waals surface area contributed by atoms with Gasteiger partial charge in [0.15, 0.2) is 6.54 Å². The van der Waals surface area contributed by atoms with E-state index in [0.717, 1.165) is 18.5 Å². The summed E-state index contributed by atoms with van der Waals surface area (Å²) in [6.45, 7) is 4.64. The van der Waals surface area contributed by atoms with Crippen LogP contribution in [-0.2, 0) is 17.6 Å². The van der Waals surface area contributed by atoms with Crippen LogP contribution in [0.5, 0.6) is 0 Å². The molecular formula is C23H27N2OS+. The lowest BCUT2D eigenvalue weighted by molar-refractivity contribution is -0.675. The van der Waals surface area contributed by atoms with E-state index in [0.29, 0.717) is 6.54 Å². The Kier molecular flexibility index (Phi) is 6.80. The van der Waals surface area contributed by atoms with Crippen molar-refractivity contribution >= 4 is 22.9 Å². The van der Waals surface area contributed by atoms with Crippen molar-refractivity contribution in [2.45, 2.75) is 32.7 Å². The second kappa shape index (κ2) is 9.49. The molecule has 3 nitrogen and oxygen atoms in total. The summed E-state index contributed by atoms with van der Waals surface area (Å²) in [6.07, 6.45) is 1.82. The zero-order chi connectivity index (χ0) is 19.1. The standard InChI is InChI=1S/C23H26N2OS/c1-3-17-12-8-13-18(4-2)22(17)25-21(26)16-24-23(20-14-9-15-27-20)19-10-6-5-7-11-19/h5-15,23-24H,3-4,16H2,1-2H3,(H,25,26)/p+1/t23-/m1/s1. The molecule has 0 bridgehead atoms. The number of nitrogens with two attached hydrogens (primary N) is 1. The molecule has 4 heteroatoms. The van der Waals surface area contributed by atoms with E-state index in [2.05, 4.69) is 84.5 Å². The highest BCUT2D eigenvalue weighted by Crippen LogP contribution is 2.23. The molecule has 0 radical (unpaired) electrons. The van der Waals surface area contributed by atoms with Crippen LogP contribution in [0.15, 0.2) is 66.0 Å². The molecule has 1 atom stereocenters. The van der Waals surface area contributed by atoms with Crippen LogP contribution in [0.4, 0.5) is 5.69 Å². The van der Waals surface area contributed by atoms with Crippen molar-refractivity contribution in [2.24, 2.45) is 0 Å². The van der Waals surface area contributed by atoms with Crippen LogP contribution in [0, 0.1) is 0 Å². The number of rotatable bonds is 8. The maximum Gasteiger partial charge on any atom is 0.279 e. The fourth-order valence-electron chi connectivity index (χ4n) is 3.36. The molecule has 0 aliphatic carbocycles. The highest BCUT2D eigenvalue weighted by molar-refractivity contribution is 7.10. The number of hydrogen-bond acceptors (Lipinski definition) is 2. The zero-order valence-corrected chi connectivity index (χ0v) is 16.8. The van der Waals surface area contributed by atoms with Crippen molar-refractivity contribution in [3.8, 4) is 0 Å². The molecule has 1 aromatic heterocycles. The maximum absolute atomic E-state index is 12.7. The predicted molar refractivity (Wildman–Crippen MR) is 113 cm³/mol. The summed E-state index contributed by atoms with van der Waals surface area (Å²) in [6, 6.07) is 21.0. The molecule has 0 aliphatic rings. The van der Waals surface area contributed by atoms with Crippen molar-refractivity contribution in [2.75, 3.05) is 11.9 Å². The predicted octanol–water partition coefficient (Wildman–Crippen LogP) is 4.16. The first-order chi connectivity index (χ1) is 13.2. The normalized spacial score (nSPS) is 11.9. The minimum absolute atomic E-state index is 0.0445. The van der Waals surface area contributed by atoms with E-state index in [4.69, 9.17) is 0 Å². The van der Waals surface area contributed by atoms with Gasteiger partial charge >= 0.3 is 0 Å². The first kappa shape index (κ1) is 19.3. The van der Waals surface area contributed by atoms with E-state index in [-0.39, 0.29) is 11.9 Å². The van der Waals surface area contributed by atoms with E-state index < -0.39 is 0 Å². The number of nitrogens with one attached hydrogen (secondary N) is 1. The molecule has 140 valence electrons. The van der Waals surface area contributed by atoms with E-state index in [1.54, 1.807) is 11.3 Å². The third kappa shape index (κ3) is 4.85. The summed E-state index contributed by atoms with van der Waals surface area (Å²) >= 11 is 1.73. The fourth-order valence-corrected chi connectivity index (χ4v) is 4.21. The van der Waals surface area contributed by atoms with Gasteiger partial charge in [0.25, 0.3) is 5.91 Å². The fraction of sp³-hybridized carbons (Fsp3) is 0.261. The molecular weight excluding hydrogens is 352 g/mol. The van der Waals surface area contributed by atoms with Gasteiger partial charge in [-0.15, -0.1) is 11.3 Å². The lowest BCUT2D eigenvalue weighted by Gasteiger charge is -2.17. The minimum atomic E-state index is 0.0445. The van der Waals surface area contributed by atoms with Crippen molar-refractivity contribution in [3.05, 3.63) is 87.6 Å². The maximum atomic E-state index is 12.7. The Morgan fingerprint density at radius 1 is 0.963 bits per heavy atom. The van der Waals surface area contributed by atoms with Gasteiger partial charge in [-0.25, -0.2) is 0 Å². The second-order valence-electron chi connectivity index (χ2n) is 6.55. The quantitative estimate of drug-likeness (QED) is 0.606. The number of aryl methyl sites for hydroxylation is 2. The van der Waals surface area contributed by atoms with E-state index in [9.17, 15) is 4.79 Å². The third-order valence-corrected chi connectivity index (χ3v) is 5.77. The number of carbonyl (C=O) groups excluding carboxylic acids is 1. The third-order valence-electron chi connectivity index (χ3n) is 4.81. The summed E-state index contributed by atoms with van der Waals surface area (Å²) < 4.78 is 0. The van der Waals surface area contributed by atoms with Crippen molar-refractivity contribution in [1.29, 1.82) is 0 Å². The van der Waals surface area contributed by atoms with Crippen molar-refractivity contribution in [3.63, 3.8) is 0 Å². The van der Waals surface area contributed by atoms with Gasteiger partial charge < -0.3 is 10.6 Å². The topological polar surface area (TPSA) is 45.7 Å². The molecule has 3 aromatic rings. The molecule has 3 rings (SSSR count). The highest BCUT2D eigenvalue weighted by Gasteiger charge is 2.20. The van der Waals surface area contributed by atoms with Crippen LogP contribution < -0.4 is 10.6 Å². The summed E-state index contributed by atoms with van der Waals surface area (Å²) in [5, 5.41) is 7.38. The molecule has 0 unspecified atom stereocenters. The summed E-state index contributed by atoms with van der Waals surface area (Å²) in [4.78, 5) is 14.0. The van der Waals surface area contributed by atoms with Crippen LogP contribution in [-0.4, -0.2) is 12.5 Å². The molecule has 1 amide bonds. The Balaban J connectivity index is 1.72. The van der Waals surface area contributed by atoms with E-state index >= 15 is 0 Å². The van der Waals surface area contributed by atoms with Crippen molar-refractivity contribution in [1.82, 2.24) is 0 Å². The summed E-state index contributed by atoms with van der Waals surface area (Å²) in [5.74, 6) is 0.0445. The number of carbonyl (C=O) groups is 1. The highest BCUT2D eigenvalue weighted by atomic mass is 32.1. The average molecular weight is 380 g/mol. The van der Waals surface area contributed by atoms with Gasteiger partial charge in [-0.1, -0.05) is 68.4 Å². The Labute approximate surface area is 165 Å². The van der Waals surface area contributed by atoms with Gasteiger partial charge in [0.1, 0.15) is 6.04 Å². The molecule has 3 N–H and O–H groups in total. The number of para-hydroxylation sites is 1. The molecule has 27 heavy (non-hydrogen) atoms. The van der Waals surface area contributed by atoms with Gasteiger partial charge in [-0.3, -0.25) is 4.79 Å². The number of amides is 1. The zero-order valence-electron chi connectivity index (χ0n) is 15.9. The van der Waals surface area contributed by atoms with Gasteiger partial charge in [0.2, 0.25) is 0 Å². The van der Waals surface area contributed by atoms with E-state index in [1.165, 1.54) is 21.6 Å². The smallest absolute Gasteiger partial charge is 0.279 e. The number of benzene rings is 2. The number of thiophene rings is 1. The van der Waals surface area contributed by atoms with Gasteiger partial charge in [-0.05, 0) is 35.4 Å². The summed E-state index contributed by atoms with van der Waals surface area (Å²) in [5.41, 5.74) is 4.60. The minimum Gasteiger partial charge on any atom is -0.328 e. The molecule has 0 saturated carbocycles. The Hall–Kier alpha value is -2.43. The van der Waals surface area contributed by atoms with Gasteiger partial charge in [0, 0.05) is 11.3 Å². The van der Waals surface area contributed by atoms with Crippen LogP contribution >= 0.6 is 11.3 Å². The van der Waals surface area contributed by atoms with Crippen LogP contribution in [0.2, 0.25) is 0 Å². The number of hydrogen-bond donors (Lipinski definition) is 2. The van der Waals surface area contributed by atoms with Gasteiger partial charge in [-0.2, -0.15) is 0 Å². The molecule has 2 aromatic carbocycles. The Morgan fingerprint density at radius 3 is 2.26 bits per heavy atom. The lowest BCUT2D eigenvalue weighted by Crippen LogP contribution is -2.87. The van der Waals surface area contributed by atoms with Crippen LogP contribution in [0.25, 0.3) is 0 Å². The van der Waals surface area contributed by atoms with Crippen LogP contribution in [0.3, 0.4) is 0 Å². The van der Waals surface area contributed by atoms with E-state index in [1.807, 2.05) is 6.07 Å². The first-order valence-corrected chi connectivity index (χ1v) is 10.4. The molecule has 0 aliphatic heterocycles. The number of anilines is 1.